The van der Waals surface area contributed by atoms with E-state index < -0.39 is 5.54 Å². The van der Waals surface area contributed by atoms with Crippen molar-refractivity contribution in [2.45, 2.75) is 24.8 Å². The molecule has 3 heterocycles. The van der Waals surface area contributed by atoms with Crippen LogP contribution in [0.2, 0.25) is 0 Å². The Labute approximate surface area is 200 Å². The van der Waals surface area contributed by atoms with Crippen LogP contribution in [-0.2, 0) is 11.2 Å². The molecule has 3 saturated heterocycles. The zero-order chi connectivity index (χ0) is 23.5. The van der Waals surface area contributed by atoms with Crippen LogP contribution in [0, 0.1) is 5.82 Å². The number of hydrogen-bond donors (Lipinski definition) is 1. The van der Waals surface area contributed by atoms with E-state index in [1.54, 1.807) is 12.1 Å². The van der Waals surface area contributed by atoms with Gasteiger partial charge < -0.3 is 15.1 Å². The predicted molar refractivity (Wildman–Crippen MR) is 129 cm³/mol. The lowest BCUT2D eigenvalue weighted by Gasteiger charge is -2.38. The van der Waals surface area contributed by atoms with Gasteiger partial charge in [0, 0.05) is 51.5 Å². The van der Waals surface area contributed by atoms with Crippen LogP contribution >= 0.6 is 0 Å². The first-order valence-corrected chi connectivity index (χ1v) is 12.2. The van der Waals surface area contributed by atoms with Gasteiger partial charge in [0.1, 0.15) is 11.4 Å². The van der Waals surface area contributed by atoms with Crippen LogP contribution in [0.4, 0.5) is 14.9 Å². The number of urea groups is 1. The average Bonchev–Trinajstić information content (AvgIpc) is 3.09. The number of piperazine rings is 1. The van der Waals surface area contributed by atoms with Gasteiger partial charge in [0.15, 0.2) is 0 Å². The van der Waals surface area contributed by atoms with Gasteiger partial charge in [-0.15, -0.1) is 0 Å². The number of imide groups is 1. The fourth-order valence-electron chi connectivity index (χ4n) is 5.23. The number of rotatable bonds is 6. The van der Waals surface area contributed by atoms with Crippen molar-refractivity contribution in [2.24, 2.45) is 0 Å². The van der Waals surface area contributed by atoms with Crippen LogP contribution in [0.3, 0.4) is 0 Å². The van der Waals surface area contributed by atoms with Crippen LogP contribution in [0.25, 0.3) is 0 Å². The molecule has 2 aromatic rings. The molecule has 0 radical (unpaired) electrons. The lowest BCUT2D eigenvalue weighted by atomic mass is 9.87. The van der Waals surface area contributed by atoms with E-state index in [0.29, 0.717) is 19.5 Å². The normalized spacial score (nSPS) is 21.3. The number of benzene rings is 2. The Kier molecular flexibility index (Phi) is 6.52. The van der Waals surface area contributed by atoms with Crippen molar-refractivity contribution in [2.75, 3.05) is 57.4 Å². The molecule has 0 unspecified atom stereocenters. The van der Waals surface area contributed by atoms with Crippen molar-refractivity contribution in [3.8, 4) is 0 Å². The highest BCUT2D eigenvalue weighted by Crippen LogP contribution is 2.30. The van der Waals surface area contributed by atoms with E-state index in [1.807, 2.05) is 6.07 Å². The number of nitrogens with zero attached hydrogens (tertiary/aromatic N) is 4. The standard InChI is InChI=1S/C26H32FN5O2/c27-22-6-8-23(9-7-22)31-18-16-30(17-19-31)20-32-24(33)26(28-25(32)34)11-14-29(15-12-26)13-10-21-4-2-1-3-5-21/h1-9H,10-20H2,(H,28,34). The van der Waals surface area contributed by atoms with Gasteiger partial charge in [-0.3, -0.25) is 9.69 Å². The quantitative estimate of drug-likeness (QED) is 0.665. The van der Waals surface area contributed by atoms with Crippen LogP contribution in [-0.4, -0.2) is 84.7 Å². The second kappa shape index (κ2) is 9.72. The molecule has 34 heavy (non-hydrogen) atoms. The van der Waals surface area contributed by atoms with E-state index in [4.69, 9.17) is 0 Å². The van der Waals surface area contributed by atoms with Crippen LogP contribution in [0.1, 0.15) is 18.4 Å². The summed E-state index contributed by atoms with van der Waals surface area (Å²) in [4.78, 5) is 34.2. The minimum absolute atomic E-state index is 0.0822. The van der Waals surface area contributed by atoms with Crippen molar-refractivity contribution in [1.29, 1.82) is 0 Å². The smallest absolute Gasteiger partial charge is 0.326 e. The van der Waals surface area contributed by atoms with Crippen molar-refractivity contribution in [3.05, 3.63) is 66.0 Å². The van der Waals surface area contributed by atoms with Gasteiger partial charge in [-0.2, -0.15) is 0 Å². The summed E-state index contributed by atoms with van der Waals surface area (Å²) in [6.07, 6.45) is 2.30. The zero-order valence-corrected chi connectivity index (χ0v) is 19.5. The van der Waals surface area contributed by atoms with Crippen molar-refractivity contribution < 1.29 is 14.0 Å². The summed E-state index contributed by atoms with van der Waals surface area (Å²) in [5.41, 5.74) is 1.56. The minimum Gasteiger partial charge on any atom is -0.369 e. The highest BCUT2D eigenvalue weighted by Gasteiger charge is 2.52. The number of carbonyl (C=O) groups is 2. The van der Waals surface area contributed by atoms with E-state index in [2.05, 4.69) is 44.3 Å². The molecule has 3 amide bonds. The monoisotopic (exact) mass is 465 g/mol. The molecule has 0 bridgehead atoms. The third kappa shape index (κ3) is 4.79. The molecule has 3 aliphatic rings. The van der Waals surface area contributed by atoms with Crippen molar-refractivity contribution >= 4 is 17.6 Å². The van der Waals surface area contributed by atoms with E-state index in [1.165, 1.54) is 22.6 Å². The first kappa shape index (κ1) is 22.8. The highest BCUT2D eigenvalue weighted by atomic mass is 19.1. The topological polar surface area (TPSA) is 59.1 Å². The molecular weight excluding hydrogens is 433 g/mol. The molecule has 7 nitrogen and oxygen atoms in total. The van der Waals surface area contributed by atoms with Gasteiger partial charge in [-0.25, -0.2) is 14.1 Å². The number of anilines is 1. The van der Waals surface area contributed by atoms with Gasteiger partial charge in [0.2, 0.25) is 0 Å². The number of hydrogen-bond acceptors (Lipinski definition) is 5. The summed E-state index contributed by atoms with van der Waals surface area (Å²) in [6, 6.07) is 16.7. The fraction of sp³-hybridized carbons (Fsp3) is 0.462. The Morgan fingerprint density at radius 1 is 0.824 bits per heavy atom. The fourth-order valence-corrected chi connectivity index (χ4v) is 5.23. The summed E-state index contributed by atoms with van der Waals surface area (Å²) in [6.45, 7) is 5.94. The van der Waals surface area contributed by atoms with Crippen molar-refractivity contribution in [3.63, 3.8) is 0 Å². The van der Waals surface area contributed by atoms with Gasteiger partial charge in [-0.05, 0) is 49.1 Å². The van der Waals surface area contributed by atoms with Gasteiger partial charge >= 0.3 is 6.03 Å². The molecule has 0 aromatic heterocycles. The van der Waals surface area contributed by atoms with Crippen molar-refractivity contribution in [1.82, 2.24) is 20.0 Å². The zero-order valence-electron chi connectivity index (χ0n) is 19.5. The second-order valence-electron chi connectivity index (χ2n) is 9.55. The first-order chi connectivity index (χ1) is 16.5. The summed E-state index contributed by atoms with van der Waals surface area (Å²) in [5, 5.41) is 3.03. The lowest BCUT2D eigenvalue weighted by molar-refractivity contribution is -0.134. The number of nitrogens with one attached hydrogen (secondary N) is 1. The number of likely N-dealkylation sites (tertiary alicyclic amines) is 1. The van der Waals surface area contributed by atoms with Crippen LogP contribution in [0.15, 0.2) is 54.6 Å². The number of amides is 3. The highest BCUT2D eigenvalue weighted by molar-refractivity contribution is 6.07. The summed E-state index contributed by atoms with van der Waals surface area (Å²) in [7, 11) is 0. The Hall–Kier alpha value is -2.97. The number of halogens is 1. The molecule has 1 N–H and O–H groups in total. The number of piperidine rings is 1. The third-order valence-corrected chi connectivity index (χ3v) is 7.42. The molecule has 0 aliphatic carbocycles. The first-order valence-electron chi connectivity index (χ1n) is 12.2. The molecule has 2 aromatic carbocycles. The molecule has 180 valence electrons. The van der Waals surface area contributed by atoms with E-state index in [-0.39, 0.29) is 17.8 Å². The molecule has 8 heteroatoms. The van der Waals surface area contributed by atoms with Gasteiger partial charge in [0.05, 0.1) is 6.67 Å². The maximum Gasteiger partial charge on any atom is 0.326 e. The Balaban J connectivity index is 1.11. The molecule has 5 rings (SSSR count). The minimum atomic E-state index is -0.754. The largest absolute Gasteiger partial charge is 0.369 e. The molecular formula is C26H32FN5O2. The maximum atomic E-state index is 13.3. The second-order valence-corrected chi connectivity index (χ2v) is 9.55. The van der Waals surface area contributed by atoms with Gasteiger partial charge in [0.25, 0.3) is 5.91 Å². The molecule has 3 aliphatic heterocycles. The molecule has 3 fully saturated rings. The molecule has 0 atom stereocenters. The van der Waals surface area contributed by atoms with Crippen LogP contribution < -0.4 is 10.2 Å². The average molecular weight is 466 g/mol. The van der Waals surface area contributed by atoms with E-state index in [0.717, 1.165) is 57.9 Å². The van der Waals surface area contributed by atoms with E-state index in [9.17, 15) is 14.0 Å². The molecule has 0 saturated carbocycles. The van der Waals surface area contributed by atoms with Gasteiger partial charge in [-0.1, -0.05) is 30.3 Å². The maximum absolute atomic E-state index is 13.3. The summed E-state index contributed by atoms with van der Waals surface area (Å²) >= 11 is 0. The number of carbonyl (C=O) groups excluding carboxylic acids is 2. The third-order valence-electron chi connectivity index (χ3n) is 7.42. The predicted octanol–water partition coefficient (Wildman–Crippen LogP) is 2.53. The van der Waals surface area contributed by atoms with Crippen LogP contribution in [0.5, 0.6) is 0 Å². The van der Waals surface area contributed by atoms with E-state index >= 15 is 0 Å². The summed E-state index contributed by atoms with van der Waals surface area (Å²) < 4.78 is 13.2. The Morgan fingerprint density at radius 3 is 2.18 bits per heavy atom. The SMILES string of the molecule is O=C1NC2(CCN(CCc3ccccc3)CC2)C(=O)N1CN1CCN(c2ccc(F)cc2)CC1. The molecule has 1 spiro atoms. The summed E-state index contributed by atoms with van der Waals surface area (Å²) in [5.74, 6) is -0.321. The lowest BCUT2D eigenvalue weighted by Crippen LogP contribution is -2.56. The Morgan fingerprint density at radius 2 is 1.50 bits per heavy atom. The Bertz CT molecular complexity index is 1000.